The maximum atomic E-state index is 13.2. The molecule has 0 aliphatic rings. The van der Waals surface area contributed by atoms with Gasteiger partial charge in [0, 0.05) is 23.2 Å². The average molecular weight is 489 g/mol. The molecule has 0 saturated carbocycles. The summed E-state index contributed by atoms with van der Waals surface area (Å²) in [6.45, 7) is 0. The van der Waals surface area contributed by atoms with Crippen LogP contribution in [-0.4, -0.2) is 23.9 Å². The third-order valence-corrected chi connectivity index (χ3v) is 7.70. The number of sulfone groups is 1. The summed E-state index contributed by atoms with van der Waals surface area (Å²) >= 11 is 0. The predicted molar refractivity (Wildman–Crippen MR) is 128 cm³/mol. The lowest BCUT2D eigenvalue weighted by Gasteiger charge is -2.14. The summed E-state index contributed by atoms with van der Waals surface area (Å²) in [6, 6.07) is 18.8. The number of anilines is 2. The van der Waals surface area contributed by atoms with Gasteiger partial charge >= 0.3 is 0 Å². The van der Waals surface area contributed by atoms with E-state index in [1.165, 1.54) is 31.4 Å². The molecule has 3 aromatic carbocycles. The maximum Gasteiger partial charge on any atom is 0.295 e. The fourth-order valence-corrected chi connectivity index (χ4v) is 5.85. The number of nitrogens with one attached hydrogen (secondary N) is 1. The molecule has 4 aromatic rings. The van der Waals surface area contributed by atoms with E-state index < -0.39 is 19.9 Å². The van der Waals surface area contributed by atoms with E-state index in [2.05, 4.69) is 4.72 Å². The van der Waals surface area contributed by atoms with Crippen LogP contribution in [0.5, 0.6) is 5.75 Å². The number of nitrogens with two attached hydrogens (primary N) is 1. The lowest BCUT2D eigenvalue weighted by Crippen LogP contribution is -2.16. The highest BCUT2D eigenvalue weighted by molar-refractivity contribution is 7.93. The second-order valence-electron chi connectivity index (χ2n) is 7.07. The predicted octanol–water partition coefficient (Wildman–Crippen LogP) is 4.43. The molecular weight excluding hydrogens is 464 g/mol. The Bertz CT molecular complexity index is 1480. The number of ether oxygens (including phenoxy) is 1. The van der Waals surface area contributed by atoms with Crippen molar-refractivity contribution < 1.29 is 26.0 Å². The van der Waals surface area contributed by atoms with Crippen LogP contribution in [0.25, 0.3) is 11.0 Å². The molecule has 3 N–H and O–H groups in total. The molecule has 0 atom stereocenters. The Morgan fingerprint density at radius 1 is 0.939 bits per heavy atom. The molecule has 33 heavy (non-hydrogen) atoms. The Balaban J connectivity index is 0.00000306. The number of nitrogen functional groups attached to an aromatic ring is 1. The molecule has 0 spiro atoms. The van der Waals surface area contributed by atoms with E-state index in [0.717, 1.165) is 0 Å². The van der Waals surface area contributed by atoms with Crippen LogP contribution in [-0.2, 0) is 25.6 Å². The third kappa shape index (κ3) is 5.12. The Hall–Kier alpha value is -3.50. The highest BCUT2D eigenvalue weighted by Gasteiger charge is 2.26. The molecule has 8 nitrogen and oxygen atoms in total. The molecule has 4 rings (SSSR count). The van der Waals surface area contributed by atoms with Gasteiger partial charge in [0.25, 0.3) is 10.0 Å². The highest BCUT2D eigenvalue weighted by Crippen LogP contribution is 2.32. The van der Waals surface area contributed by atoms with Crippen LogP contribution in [0.15, 0.2) is 87.2 Å². The first-order valence-electron chi connectivity index (χ1n) is 9.44. The summed E-state index contributed by atoms with van der Waals surface area (Å²) in [5.41, 5.74) is 6.91. The molecule has 0 unspecified atom stereocenters. The number of hydrogen-bond acceptors (Lipinski definition) is 7. The van der Waals surface area contributed by atoms with Gasteiger partial charge in [-0.3, -0.25) is 4.72 Å². The summed E-state index contributed by atoms with van der Waals surface area (Å²) < 4.78 is 65.2. The van der Waals surface area contributed by atoms with Crippen LogP contribution in [0.3, 0.4) is 0 Å². The Morgan fingerprint density at radius 3 is 2.39 bits per heavy atom. The van der Waals surface area contributed by atoms with Gasteiger partial charge < -0.3 is 14.9 Å². The zero-order valence-corrected chi connectivity index (χ0v) is 18.6. The number of para-hydroxylation sites is 1. The Morgan fingerprint density at radius 2 is 1.70 bits per heavy atom. The van der Waals surface area contributed by atoms with Gasteiger partial charge in [0.05, 0.1) is 23.4 Å². The topological polar surface area (TPSA) is 129 Å². The summed E-state index contributed by atoms with van der Waals surface area (Å²) in [4.78, 5) is -0.194. The van der Waals surface area contributed by atoms with Crippen LogP contribution in [0.4, 0.5) is 11.4 Å². The Labute approximate surface area is 193 Å². The minimum atomic E-state index is -4.22. The number of methoxy groups -OCH3 is 1. The van der Waals surface area contributed by atoms with E-state index >= 15 is 0 Å². The van der Waals surface area contributed by atoms with Gasteiger partial charge in [-0.25, -0.2) is 8.42 Å². The highest BCUT2D eigenvalue weighted by atomic mass is 32.2. The van der Waals surface area contributed by atoms with Crippen LogP contribution >= 0.6 is 0 Å². The van der Waals surface area contributed by atoms with E-state index in [1.807, 2.05) is 0 Å². The molecule has 0 saturated heterocycles. The molecule has 0 aliphatic carbocycles. The van der Waals surface area contributed by atoms with Crippen molar-refractivity contribution in [1.82, 2.24) is 0 Å². The number of fused-ring (bicyclic) bond motifs is 1. The zero-order valence-electron chi connectivity index (χ0n) is 17.0. The van der Waals surface area contributed by atoms with Crippen molar-refractivity contribution in [1.29, 1.82) is 0 Å². The van der Waals surface area contributed by atoms with Crippen molar-refractivity contribution in [3.8, 4) is 5.75 Å². The van der Waals surface area contributed by atoms with E-state index in [9.17, 15) is 16.8 Å². The van der Waals surface area contributed by atoms with Crippen molar-refractivity contribution in [2.75, 3.05) is 17.6 Å². The standard InChI is InChI=1S/C22H20N2O6S2.CH4/c1-29-18-9-10-21(31(25,26)14-15-5-4-7-17(23)11-15)19(13-18)24-32(27,28)22-12-16-6-2-3-8-20(16)30-22;/h2-13,24H,14,23H2,1H3;1H4. The van der Waals surface area contributed by atoms with Crippen LogP contribution in [0, 0.1) is 0 Å². The number of rotatable bonds is 7. The fraction of sp³-hybridized carbons (Fsp3) is 0.130. The van der Waals surface area contributed by atoms with Crippen LogP contribution in [0.1, 0.15) is 13.0 Å². The van der Waals surface area contributed by atoms with Crippen molar-refractivity contribution in [2.45, 2.75) is 23.2 Å². The molecule has 10 heteroatoms. The first-order valence-corrected chi connectivity index (χ1v) is 12.6. The first-order chi connectivity index (χ1) is 15.2. The van der Waals surface area contributed by atoms with Crippen molar-refractivity contribution in [3.63, 3.8) is 0 Å². The first kappa shape index (κ1) is 24.1. The van der Waals surface area contributed by atoms with E-state index in [1.54, 1.807) is 48.5 Å². The second-order valence-corrected chi connectivity index (χ2v) is 10.6. The van der Waals surface area contributed by atoms with Gasteiger partial charge in [0.2, 0.25) is 5.09 Å². The monoisotopic (exact) mass is 488 g/mol. The Kier molecular flexibility index (Phi) is 6.71. The minimum absolute atomic E-state index is 0. The van der Waals surface area contributed by atoms with Crippen molar-refractivity contribution in [2.24, 2.45) is 0 Å². The van der Waals surface area contributed by atoms with Gasteiger partial charge in [-0.05, 0) is 35.9 Å². The van der Waals surface area contributed by atoms with Gasteiger partial charge in [-0.15, -0.1) is 0 Å². The van der Waals surface area contributed by atoms with Gasteiger partial charge in [0.1, 0.15) is 11.3 Å². The zero-order chi connectivity index (χ0) is 22.9. The molecule has 1 heterocycles. The molecular formula is C23H24N2O6S2. The molecule has 0 fully saturated rings. The number of sulfonamides is 1. The van der Waals surface area contributed by atoms with E-state index in [-0.39, 0.29) is 34.6 Å². The SMILES string of the molecule is C.COc1ccc(S(=O)(=O)Cc2cccc(N)c2)c(NS(=O)(=O)c2cc3ccccc3o2)c1. The van der Waals surface area contributed by atoms with Crippen molar-refractivity contribution >= 4 is 42.2 Å². The van der Waals surface area contributed by atoms with Gasteiger partial charge in [-0.2, -0.15) is 8.42 Å². The summed E-state index contributed by atoms with van der Waals surface area (Å²) in [5.74, 6) is -0.0702. The number of hydrogen-bond donors (Lipinski definition) is 2. The summed E-state index contributed by atoms with van der Waals surface area (Å²) in [7, 11) is -6.76. The van der Waals surface area contributed by atoms with Crippen LogP contribution in [0.2, 0.25) is 0 Å². The molecule has 1 aromatic heterocycles. The minimum Gasteiger partial charge on any atom is -0.497 e. The molecule has 0 radical (unpaired) electrons. The molecule has 174 valence electrons. The van der Waals surface area contributed by atoms with Crippen LogP contribution < -0.4 is 15.2 Å². The van der Waals surface area contributed by atoms with E-state index in [0.29, 0.717) is 22.2 Å². The largest absolute Gasteiger partial charge is 0.497 e. The van der Waals surface area contributed by atoms with Gasteiger partial charge in [-0.1, -0.05) is 37.8 Å². The summed E-state index contributed by atoms with van der Waals surface area (Å²) in [6.07, 6.45) is 0. The van der Waals surface area contributed by atoms with E-state index in [4.69, 9.17) is 14.9 Å². The molecule has 0 aliphatic heterocycles. The van der Waals surface area contributed by atoms with Crippen molar-refractivity contribution in [3.05, 3.63) is 78.4 Å². The lowest BCUT2D eigenvalue weighted by molar-refractivity contribution is 0.414. The quantitative estimate of drug-likeness (QED) is 0.368. The smallest absolute Gasteiger partial charge is 0.295 e. The number of furan rings is 1. The fourth-order valence-electron chi connectivity index (χ4n) is 3.25. The maximum absolute atomic E-state index is 13.2. The second kappa shape index (κ2) is 9.16. The lowest BCUT2D eigenvalue weighted by atomic mass is 10.2. The average Bonchev–Trinajstić information content (AvgIpc) is 3.18. The molecule has 0 amide bonds. The normalized spacial score (nSPS) is 11.7. The molecule has 0 bridgehead atoms. The number of benzene rings is 3. The summed E-state index contributed by atoms with van der Waals surface area (Å²) in [5, 5.41) is 0.272. The third-order valence-electron chi connectivity index (χ3n) is 4.74. The van der Waals surface area contributed by atoms with Gasteiger partial charge in [0.15, 0.2) is 9.84 Å².